The van der Waals surface area contributed by atoms with Crippen LogP contribution in [0.2, 0.25) is 0 Å². The monoisotopic (exact) mass is 268 g/mol. The lowest BCUT2D eigenvalue weighted by atomic mass is 10.2. The van der Waals surface area contributed by atoms with E-state index in [1.165, 1.54) is 19.2 Å². The van der Waals surface area contributed by atoms with Crippen molar-refractivity contribution in [1.29, 1.82) is 0 Å². The van der Waals surface area contributed by atoms with E-state index in [0.29, 0.717) is 18.0 Å². The van der Waals surface area contributed by atoms with Gasteiger partial charge in [-0.3, -0.25) is 0 Å². The molecule has 1 heterocycles. The summed E-state index contributed by atoms with van der Waals surface area (Å²) in [6, 6.07) is 2.36. The highest BCUT2D eigenvalue weighted by atomic mass is 19.1. The Morgan fingerprint density at radius 2 is 1.89 bits per heavy atom. The summed E-state index contributed by atoms with van der Waals surface area (Å²) in [6.45, 7) is 3.97. The maximum Gasteiger partial charge on any atom is 0.190 e. The van der Waals surface area contributed by atoms with Gasteiger partial charge in [-0.05, 0) is 13.8 Å². The van der Waals surface area contributed by atoms with E-state index < -0.39 is 11.6 Å². The number of nitrogens with one attached hydrogen (secondary N) is 1. The molecule has 0 aliphatic heterocycles. The summed E-state index contributed by atoms with van der Waals surface area (Å²) >= 11 is 0. The standard InChI is InChI=1S/C13H14F2N2O2/c1-7-10(8(2)19-17-7)6-16-9-4-11(14)13(18-3)12(15)5-9/h4-5,16H,6H2,1-3H3. The molecule has 0 aliphatic rings. The molecule has 1 aromatic carbocycles. The molecule has 102 valence electrons. The maximum atomic E-state index is 13.5. The molecule has 19 heavy (non-hydrogen) atoms. The summed E-state index contributed by atoms with van der Waals surface area (Å²) in [5, 5.41) is 6.73. The first-order chi connectivity index (χ1) is 9.02. The van der Waals surface area contributed by atoms with E-state index in [0.717, 1.165) is 11.3 Å². The zero-order chi connectivity index (χ0) is 14.0. The number of aryl methyl sites for hydroxylation is 2. The van der Waals surface area contributed by atoms with Gasteiger partial charge in [0.05, 0.1) is 12.8 Å². The molecular formula is C13H14F2N2O2. The minimum absolute atomic E-state index is 0.329. The predicted octanol–water partition coefficient (Wildman–Crippen LogP) is 3.19. The van der Waals surface area contributed by atoms with Gasteiger partial charge in [-0.15, -0.1) is 0 Å². The van der Waals surface area contributed by atoms with Crippen LogP contribution in [0.4, 0.5) is 14.5 Å². The maximum absolute atomic E-state index is 13.5. The lowest BCUT2D eigenvalue weighted by molar-refractivity contribution is 0.360. The topological polar surface area (TPSA) is 47.3 Å². The van der Waals surface area contributed by atoms with Crippen LogP contribution in [0.15, 0.2) is 16.7 Å². The fourth-order valence-electron chi connectivity index (χ4n) is 1.80. The van der Waals surface area contributed by atoms with Crippen molar-refractivity contribution < 1.29 is 18.0 Å². The third kappa shape index (κ3) is 2.67. The summed E-state index contributed by atoms with van der Waals surface area (Å²) < 4.78 is 36.6. The van der Waals surface area contributed by atoms with Crippen LogP contribution in [-0.2, 0) is 6.54 Å². The van der Waals surface area contributed by atoms with Crippen molar-refractivity contribution in [1.82, 2.24) is 5.16 Å². The molecular weight excluding hydrogens is 254 g/mol. The highest BCUT2D eigenvalue weighted by Crippen LogP contribution is 2.26. The minimum Gasteiger partial charge on any atom is -0.491 e. The first-order valence-corrected chi connectivity index (χ1v) is 5.71. The van der Waals surface area contributed by atoms with Crippen molar-refractivity contribution in [3.63, 3.8) is 0 Å². The molecule has 0 saturated carbocycles. The summed E-state index contributed by atoms with van der Waals surface area (Å²) in [6.07, 6.45) is 0. The molecule has 0 unspecified atom stereocenters. The fourth-order valence-corrected chi connectivity index (χ4v) is 1.80. The zero-order valence-corrected chi connectivity index (χ0v) is 10.9. The van der Waals surface area contributed by atoms with Crippen LogP contribution in [0.1, 0.15) is 17.0 Å². The minimum atomic E-state index is -0.747. The molecule has 0 bridgehead atoms. The third-order valence-corrected chi connectivity index (χ3v) is 2.85. The predicted molar refractivity (Wildman–Crippen MR) is 66.2 cm³/mol. The van der Waals surface area contributed by atoms with Gasteiger partial charge in [0.1, 0.15) is 5.76 Å². The van der Waals surface area contributed by atoms with Crippen molar-refractivity contribution in [2.24, 2.45) is 0 Å². The lowest BCUT2D eigenvalue weighted by Crippen LogP contribution is -2.03. The van der Waals surface area contributed by atoms with Crippen LogP contribution in [0.3, 0.4) is 0 Å². The van der Waals surface area contributed by atoms with E-state index >= 15 is 0 Å². The molecule has 2 aromatic rings. The van der Waals surface area contributed by atoms with Gasteiger partial charge >= 0.3 is 0 Å². The van der Waals surface area contributed by atoms with Crippen LogP contribution in [0, 0.1) is 25.5 Å². The molecule has 0 amide bonds. The van der Waals surface area contributed by atoms with Gasteiger partial charge in [0.15, 0.2) is 17.4 Å². The Balaban J connectivity index is 2.17. The number of hydrogen-bond donors (Lipinski definition) is 1. The van der Waals surface area contributed by atoms with Gasteiger partial charge in [-0.2, -0.15) is 0 Å². The number of anilines is 1. The molecule has 0 aliphatic carbocycles. The molecule has 1 aromatic heterocycles. The lowest BCUT2D eigenvalue weighted by Gasteiger charge is -2.09. The number of halogens is 2. The molecule has 0 fully saturated rings. The van der Waals surface area contributed by atoms with E-state index in [9.17, 15) is 8.78 Å². The Labute approximate surface area is 109 Å². The number of aromatic nitrogens is 1. The molecule has 4 nitrogen and oxygen atoms in total. The Bertz CT molecular complexity index is 554. The summed E-state index contributed by atoms with van der Waals surface area (Å²) in [4.78, 5) is 0. The Morgan fingerprint density at radius 1 is 1.26 bits per heavy atom. The van der Waals surface area contributed by atoms with E-state index in [2.05, 4.69) is 15.2 Å². The summed E-state index contributed by atoms with van der Waals surface area (Å²) in [7, 11) is 1.22. The molecule has 0 radical (unpaired) electrons. The van der Waals surface area contributed by atoms with Gasteiger partial charge < -0.3 is 14.6 Å². The number of rotatable bonds is 4. The second-order valence-electron chi connectivity index (χ2n) is 4.13. The van der Waals surface area contributed by atoms with Gasteiger partial charge in [0.25, 0.3) is 0 Å². The van der Waals surface area contributed by atoms with E-state index in [1.54, 1.807) is 6.92 Å². The average molecular weight is 268 g/mol. The zero-order valence-electron chi connectivity index (χ0n) is 10.9. The van der Waals surface area contributed by atoms with E-state index in [4.69, 9.17) is 4.52 Å². The summed E-state index contributed by atoms with van der Waals surface area (Å²) in [5.41, 5.74) is 1.95. The number of nitrogens with zero attached hydrogens (tertiary/aromatic N) is 1. The average Bonchev–Trinajstić information content (AvgIpc) is 2.66. The van der Waals surface area contributed by atoms with Crippen LogP contribution in [0.25, 0.3) is 0 Å². The second-order valence-corrected chi connectivity index (χ2v) is 4.13. The van der Waals surface area contributed by atoms with Gasteiger partial charge in [-0.25, -0.2) is 8.78 Å². The second kappa shape index (κ2) is 5.26. The largest absolute Gasteiger partial charge is 0.491 e. The third-order valence-electron chi connectivity index (χ3n) is 2.85. The van der Waals surface area contributed by atoms with Gasteiger partial charge in [0.2, 0.25) is 0 Å². The molecule has 2 rings (SSSR count). The number of ether oxygens (including phenoxy) is 1. The van der Waals surface area contributed by atoms with Crippen LogP contribution in [-0.4, -0.2) is 12.3 Å². The highest BCUT2D eigenvalue weighted by molar-refractivity contribution is 5.48. The van der Waals surface area contributed by atoms with E-state index in [1.807, 2.05) is 6.92 Å². The SMILES string of the molecule is COc1c(F)cc(NCc2c(C)noc2C)cc1F. The summed E-state index contributed by atoms with van der Waals surface area (Å²) in [5.74, 6) is -1.20. The molecule has 0 spiro atoms. The van der Waals surface area contributed by atoms with Crippen molar-refractivity contribution >= 4 is 5.69 Å². The number of hydrogen-bond acceptors (Lipinski definition) is 4. The van der Waals surface area contributed by atoms with Crippen molar-refractivity contribution in [3.05, 3.63) is 40.8 Å². The molecule has 6 heteroatoms. The Hall–Kier alpha value is -2.11. The van der Waals surface area contributed by atoms with Crippen LogP contribution >= 0.6 is 0 Å². The molecule has 0 saturated heterocycles. The van der Waals surface area contributed by atoms with Crippen molar-refractivity contribution in [3.8, 4) is 5.75 Å². The first-order valence-electron chi connectivity index (χ1n) is 5.71. The van der Waals surface area contributed by atoms with Crippen molar-refractivity contribution in [2.45, 2.75) is 20.4 Å². The quantitative estimate of drug-likeness (QED) is 0.925. The smallest absolute Gasteiger partial charge is 0.190 e. The van der Waals surface area contributed by atoms with Crippen LogP contribution < -0.4 is 10.1 Å². The number of benzene rings is 1. The normalized spacial score (nSPS) is 10.6. The first kappa shape index (κ1) is 13.3. The van der Waals surface area contributed by atoms with E-state index in [-0.39, 0.29) is 5.75 Å². The van der Waals surface area contributed by atoms with Gasteiger partial charge in [-0.1, -0.05) is 5.16 Å². The Kier molecular flexibility index (Phi) is 3.69. The fraction of sp³-hybridized carbons (Fsp3) is 0.308. The Morgan fingerprint density at radius 3 is 2.37 bits per heavy atom. The molecule has 1 N–H and O–H groups in total. The highest BCUT2D eigenvalue weighted by Gasteiger charge is 2.13. The van der Waals surface area contributed by atoms with Crippen molar-refractivity contribution in [2.75, 3.05) is 12.4 Å². The molecule has 0 atom stereocenters. The number of methoxy groups -OCH3 is 1. The van der Waals surface area contributed by atoms with Gasteiger partial charge in [0, 0.05) is 29.9 Å². The van der Waals surface area contributed by atoms with Crippen LogP contribution in [0.5, 0.6) is 5.75 Å².